The molecule has 1 atom stereocenters. The molecular weight excluding hydrogens is 493 g/mol. The quantitative estimate of drug-likeness (QED) is 0.474. The van der Waals surface area contributed by atoms with Gasteiger partial charge in [-0.1, -0.05) is 6.07 Å². The number of carbonyl (C=O) groups excluding carboxylic acids is 2. The molecule has 0 bridgehead atoms. The van der Waals surface area contributed by atoms with Gasteiger partial charge in [-0.25, -0.2) is 14.8 Å². The standard InChI is InChI=1S/C24H25F3N6O4/c1-4-33-13-15(11-29-33)17-6-5-7-18(30-17)21(34)31-19-10-16(12-28-20(19)24(25,26)27)32-9-8-23(14-32,37-3)22(35)36-2/h5-7,10-13H,4,8-9,14H2,1-3H3,(H,31,34)/t23-/m0/s1. The summed E-state index contributed by atoms with van der Waals surface area (Å²) in [6.45, 7) is 2.91. The normalized spacial score (nSPS) is 17.6. The molecule has 196 valence electrons. The lowest BCUT2D eigenvalue weighted by molar-refractivity contribution is -0.163. The Hall–Kier alpha value is -4.00. The summed E-state index contributed by atoms with van der Waals surface area (Å²) >= 11 is 0. The monoisotopic (exact) mass is 518 g/mol. The van der Waals surface area contributed by atoms with Crippen LogP contribution in [0.3, 0.4) is 0 Å². The number of rotatable bonds is 7. The molecule has 0 unspecified atom stereocenters. The predicted molar refractivity (Wildman–Crippen MR) is 127 cm³/mol. The van der Waals surface area contributed by atoms with Crippen LogP contribution in [0.25, 0.3) is 11.3 Å². The molecular formula is C24H25F3N6O4. The maximum Gasteiger partial charge on any atom is 0.435 e. The number of esters is 1. The smallest absolute Gasteiger partial charge is 0.435 e. The third-order valence-corrected chi connectivity index (χ3v) is 6.17. The van der Waals surface area contributed by atoms with Crippen molar-refractivity contribution < 1.29 is 32.2 Å². The molecule has 1 fully saturated rings. The van der Waals surface area contributed by atoms with E-state index in [1.54, 1.807) is 34.1 Å². The van der Waals surface area contributed by atoms with Crippen molar-refractivity contribution in [1.29, 1.82) is 0 Å². The van der Waals surface area contributed by atoms with E-state index in [9.17, 15) is 22.8 Å². The Morgan fingerprint density at radius 3 is 2.65 bits per heavy atom. The summed E-state index contributed by atoms with van der Waals surface area (Å²) in [7, 11) is 2.60. The van der Waals surface area contributed by atoms with Crippen LogP contribution in [0, 0.1) is 0 Å². The van der Waals surface area contributed by atoms with E-state index in [4.69, 9.17) is 9.47 Å². The Labute approximate surface area is 210 Å². The summed E-state index contributed by atoms with van der Waals surface area (Å²) in [4.78, 5) is 34.7. The van der Waals surface area contributed by atoms with Gasteiger partial charge in [0, 0.05) is 38.4 Å². The lowest BCUT2D eigenvalue weighted by atomic mass is 10.0. The first-order chi connectivity index (χ1) is 17.6. The fourth-order valence-corrected chi connectivity index (χ4v) is 4.13. The summed E-state index contributed by atoms with van der Waals surface area (Å²) in [6, 6.07) is 5.83. The molecule has 1 aliphatic rings. The SMILES string of the molecule is CCn1cc(-c2cccc(C(=O)Nc3cc(N4CC[C@@](OC)(C(=O)OC)C4)cnc3C(F)(F)F)n2)cn1. The third-order valence-electron chi connectivity index (χ3n) is 6.17. The molecule has 10 nitrogen and oxygen atoms in total. The van der Waals surface area contributed by atoms with Crippen LogP contribution in [0.4, 0.5) is 24.5 Å². The lowest BCUT2D eigenvalue weighted by Crippen LogP contribution is -2.44. The molecule has 1 saturated heterocycles. The van der Waals surface area contributed by atoms with Crippen molar-refractivity contribution in [3.63, 3.8) is 0 Å². The van der Waals surface area contributed by atoms with E-state index < -0.39 is 35.0 Å². The molecule has 4 heterocycles. The predicted octanol–water partition coefficient (Wildman–Crippen LogP) is 3.40. The van der Waals surface area contributed by atoms with Gasteiger partial charge in [0.05, 0.1) is 43.1 Å². The number of methoxy groups -OCH3 is 2. The summed E-state index contributed by atoms with van der Waals surface area (Å²) in [5.74, 6) is -1.42. The van der Waals surface area contributed by atoms with Gasteiger partial charge in [-0.3, -0.25) is 9.48 Å². The average Bonchev–Trinajstić information content (AvgIpc) is 3.56. The van der Waals surface area contributed by atoms with Gasteiger partial charge in [0.15, 0.2) is 11.3 Å². The van der Waals surface area contributed by atoms with Crippen LogP contribution < -0.4 is 10.2 Å². The number of halogens is 3. The highest BCUT2D eigenvalue weighted by Gasteiger charge is 2.47. The molecule has 1 N–H and O–H groups in total. The number of anilines is 2. The molecule has 0 saturated carbocycles. The zero-order valence-electron chi connectivity index (χ0n) is 20.4. The van der Waals surface area contributed by atoms with Gasteiger partial charge >= 0.3 is 12.1 Å². The molecule has 1 aliphatic heterocycles. The van der Waals surface area contributed by atoms with Gasteiger partial charge in [-0.05, 0) is 25.1 Å². The second-order valence-electron chi connectivity index (χ2n) is 8.40. The van der Waals surface area contributed by atoms with Gasteiger partial charge in [0.25, 0.3) is 5.91 Å². The van der Waals surface area contributed by atoms with Gasteiger partial charge in [-0.2, -0.15) is 18.3 Å². The highest BCUT2D eigenvalue weighted by Crippen LogP contribution is 2.37. The Balaban J connectivity index is 1.62. The first kappa shape index (κ1) is 26.1. The minimum absolute atomic E-state index is 0.0473. The number of ether oxygens (including phenoxy) is 2. The number of pyridine rings is 2. The molecule has 0 radical (unpaired) electrons. The molecule has 37 heavy (non-hydrogen) atoms. The minimum atomic E-state index is -4.82. The van der Waals surface area contributed by atoms with Gasteiger partial charge in [0.1, 0.15) is 5.69 Å². The number of hydrogen-bond donors (Lipinski definition) is 1. The fourth-order valence-electron chi connectivity index (χ4n) is 4.13. The van der Waals surface area contributed by atoms with E-state index >= 15 is 0 Å². The first-order valence-corrected chi connectivity index (χ1v) is 11.4. The van der Waals surface area contributed by atoms with E-state index in [0.29, 0.717) is 24.3 Å². The van der Waals surface area contributed by atoms with Crippen molar-refractivity contribution in [2.24, 2.45) is 0 Å². The Bertz CT molecular complexity index is 1310. The van der Waals surface area contributed by atoms with Crippen molar-refractivity contribution in [2.75, 3.05) is 37.5 Å². The zero-order chi connectivity index (χ0) is 26.8. The molecule has 4 rings (SSSR count). The summed E-state index contributed by atoms with van der Waals surface area (Å²) in [6.07, 6.45) is -0.162. The number of carbonyl (C=O) groups is 2. The van der Waals surface area contributed by atoms with Crippen molar-refractivity contribution >= 4 is 23.3 Å². The molecule has 0 aromatic carbocycles. The van der Waals surface area contributed by atoms with E-state index in [-0.39, 0.29) is 24.3 Å². The van der Waals surface area contributed by atoms with Crippen molar-refractivity contribution in [3.05, 3.63) is 54.2 Å². The number of amides is 1. The van der Waals surface area contributed by atoms with Gasteiger partial charge < -0.3 is 19.7 Å². The fraction of sp³-hybridized carbons (Fsp3) is 0.375. The van der Waals surface area contributed by atoms with Crippen molar-refractivity contribution in [1.82, 2.24) is 19.7 Å². The zero-order valence-corrected chi connectivity index (χ0v) is 20.4. The minimum Gasteiger partial charge on any atom is -0.467 e. The number of nitrogens with one attached hydrogen (secondary N) is 1. The van der Waals surface area contributed by atoms with E-state index in [2.05, 4.69) is 20.4 Å². The Kier molecular flexibility index (Phi) is 7.16. The molecule has 1 amide bonds. The number of alkyl halides is 3. The van der Waals surface area contributed by atoms with Crippen molar-refractivity contribution in [2.45, 2.75) is 31.7 Å². The van der Waals surface area contributed by atoms with E-state index in [1.165, 1.54) is 26.4 Å². The van der Waals surface area contributed by atoms with E-state index in [0.717, 1.165) is 6.20 Å². The largest absolute Gasteiger partial charge is 0.467 e. The number of aromatic nitrogens is 4. The second-order valence-corrected chi connectivity index (χ2v) is 8.40. The van der Waals surface area contributed by atoms with Crippen LogP contribution in [0.5, 0.6) is 0 Å². The van der Waals surface area contributed by atoms with Crippen LogP contribution in [-0.4, -0.2) is 64.5 Å². The number of nitrogens with zero attached hydrogens (tertiary/aromatic N) is 5. The maximum absolute atomic E-state index is 13.7. The summed E-state index contributed by atoms with van der Waals surface area (Å²) < 4.78 is 53.1. The Morgan fingerprint density at radius 1 is 1.22 bits per heavy atom. The van der Waals surface area contributed by atoms with Crippen LogP contribution in [-0.2, 0) is 27.0 Å². The topological polar surface area (TPSA) is 111 Å². The molecule has 0 spiro atoms. The highest BCUT2D eigenvalue weighted by molar-refractivity contribution is 6.03. The summed E-state index contributed by atoms with van der Waals surface area (Å²) in [5.41, 5.74) is -1.73. The highest BCUT2D eigenvalue weighted by atomic mass is 19.4. The average molecular weight is 518 g/mol. The van der Waals surface area contributed by atoms with Gasteiger partial charge in [-0.15, -0.1) is 0 Å². The van der Waals surface area contributed by atoms with Crippen LogP contribution in [0.15, 0.2) is 42.9 Å². The first-order valence-electron chi connectivity index (χ1n) is 11.4. The van der Waals surface area contributed by atoms with Gasteiger partial charge in [0.2, 0.25) is 0 Å². The summed E-state index contributed by atoms with van der Waals surface area (Å²) in [5, 5.41) is 6.48. The van der Waals surface area contributed by atoms with Crippen molar-refractivity contribution in [3.8, 4) is 11.3 Å². The second kappa shape index (κ2) is 10.2. The number of aryl methyl sites for hydroxylation is 1. The third kappa shape index (κ3) is 5.26. The molecule has 3 aromatic rings. The molecule has 3 aromatic heterocycles. The Morgan fingerprint density at radius 2 is 2.00 bits per heavy atom. The van der Waals surface area contributed by atoms with E-state index in [1.807, 2.05) is 6.92 Å². The molecule has 13 heteroatoms. The lowest BCUT2D eigenvalue weighted by Gasteiger charge is -2.26. The van der Waals surface area contributed by atoms with Crippen LogP contribution in [0.1, 0.15) is 29.5 Å². The maximum atomic E-state index is 13.7. The van der Waals surface area contributed by atoms with Crippen LogP contribution in [0.2, 0.25) is 0 Å². The number of hydrogen-bond acceptors (Lipinski definition) is 8. The molecule has 0 aliphatic carbocycles. The van der Waals surface area contributed by atoms with Crippen LogP contribution >= 0.6 is 0 Å².